The van der Waals surface area contributed by atoms with Crippen molar-refractivity contribution in [1.29, 1.82) is 0 Å². The van der Waals surface area contributed by atoms with Crippen LogP contribution >= 0.6 is 23.4 Å². The van der Waals surface area contributed by atoms with E-state index in [0.717, 1.165) is 17.5 Å². The normalized spacial score (nSPS) is 12.6. The second kappa shape index (κ2) is 14.0. The molecule has 0 bridgehead atoms. The number of hydrogen-bond donors (Lipinski definition) is 1. The van der Waals surface area contributed by atoms with E-state index in [2.05, 4.69) is 5.32 Å². The van der Waals surface area contributed by atoms with Gasteiger partial charge in [0.25, 0.3) is 0 Å². The number of halogens is 2. The summed E-state index contributed by atoms with van der Waals surface area (Å²) in [5.41, 5.74) is 2.28. The van der Waals surface area contributed by atoms with E-state index in [1.54, 1.807) is 17.0 Å². The van der Waals surface area contributed by atoms with Crippen molar-refractivity contribution in [3.8, 4) is 0 Å². The molecule has 2 amide bonds. The second-order valence-corrected chi connectivity index (χ2v) is 10.1. The summed E-state index contributed by atoms with van der Waals surface area (Å²) in [6.45, 7) is 4.26. The van der Waals surface area contributed by atoms with Crippen LogP contribution in [0.4, 0.5) is 4.39 Å². The van der Waals surface area contributed by atoms with E-state index in [1.807, 2.05) is 74.5 Å². The molecule has 0 fully saturated rings. The maximum atomic E-state index is 14.2. The summed E-state index contributed by atoms with van der Waals surface area (Å²) in [5.74, 6) is -0.396. The third-order valence-corrected chi connectivity index (χ3v) is 7.30. The monoisotopic (exact) mass is 526 g/mol. The Bertz CT molecular complexity index is 1110. The maximum absolute atomic E-state index is 14.2. The molecule has 4 nitrogen and oxygen atoms in total. The first kappa shape index (κ1) is 27.8. The van der Waals surface area contributed by atoms with Crippen LogP contribution in [0.15, 0.2) is 78.9 Å². The summed E-state index contributed by atoms with van der Waals surface area (Å²) < 4.78 is 14.2. The van der Waals surface area contributed by atoms with Crippen LogP contribution in [0.2, 0.25) is 5.02 Å². The highest BCUT2D eigenvalue weighted by atomic mass is 35.5. The van der Waals surface area contributed by atoms with Crippen LogP contribution in [-0.4, -0.2) is 34.6 Å². The van der Waals surface area contributed by atoms with Crippen molar-refractivity contribution in [2.45, 2.75) is 51.1 Å². The topological polar surface area (TPSA) is 49.4 Å². The van der Waals surface area contributed by atoms with E-state index in [9.17, 15) is 14.0 Å². The summed E-state index contributed by atoms with van der Waals surface area (Å²) >= 11 is 7.45. The minimum absolute atomic E-state index is 0.0120. The number of thioether (sulfide) groups is 1. The Balaban J connectivity index is 1.85. The summed E-state index contributed by atoms with van der Waals surface area (Å²) in [6.07, 6.45) is 1.18. The molecule has 1 N–H and O–H groups in total. The van der Waals surface area contributed by atoms with Crippen molar-refractivity contribution in [3.63, 3.8) is 0 Å². The van der Waals surface area contributed by atoms with Gasteiger partial charge in [0, 0.05) is 35.3 Å². The Morgan fingerprint density at radius 3 is 2.22 bits per heavy atom. The van der Waals surface area contributed by atoms with Crippen LogP contribution < -0.4 is 5.32 Å². The van der Waals surface area contributed by atoms with Gasteiger partial charge in [-0.1, -0.05) is 85.3 Å². The van der Waals surface area contributed by atoms with Crippen LogP contribution in [0.1, 0.15) is 37.0 Å². The van der Waals surface area contributed by atoms with Crippen molar-refractivity contribution < 1.29 is 14.0 Å². The molecular formula is C29H32ClFN2O2S. The number of benzene rings is 3. The van der Waals surface area contributed by atoms with E-state index in [-0.39, 0.29) is 29.4 Å². The van der Waals surface area contributed by atoms with Gasteiger partial charge >= 0.3 is 0 Å². The molecule has 0 aliphatic heterocycles. The zero-order valence-electron chi connectivity index (χ0n) is 20.6. The van der Waals surface area contributed by atoms with Gasteiger partial charge in [-0.2, -0.15) is 0 Å². The lowest BCUT2D eigenvalue weighted by molar-refractivity contribution is -0.139. The first-order valence-electron chi connectivity index (χ1n) is 12.1. The molecule has 0 heterocycles. The number of hydrogen-bond acceptors (Lipinski definition) is 3. The molecule has 0 saturated heterocycles. The lowest BCUT2D eigenvalue weighted by atomic mass is 10.0. The van der Waals surface area contributed by atoms with Crippen LogP contribution in [-0.2, 0) is 28.3 Å². The van der Waals surface area contributed by atoms with E-state index >= 15 is 0 Å². The Hall–Kier alpha value is -2.83. The molecular weight excluding hydrogens is 495 g/mol. The lowest BCUT2D eigenvalue weighted by Gasteiger charge is -2.32. The molecule has 0 radical (unpaired) electrons. The van der Waals surface area contributed by atoms with E-state index in [0.29, 0.717) is 23.6 Å². The first-order valence-corrected chi connectivity index (χ1v) is 13.6. The largest absolute Gasteiger partial charge is 0.352 e. The lowest BCUT2D eigenvalue weighted by Crippen LogP contribution is -2.52. The van der Waals surface area contributed by atoms with Crippen molar-refractivity contribution in [1.82, 2.24) is 10.2 Å². The highest BCUT2D eigenvalue weighted by molar-refractivity contribution is 7.99. The van der Waals surface area contributed by atoms with Gasteiger partial charge in [-0.25, -0.2) is 4.39 Å². The van der Waals surface area contributed by atoms with Gasteiger partial charge in [-0.3, -0.25) is 9.59 Å². The highest BCUT2D eigenvalue weighted by Crippen LogP contribution is 2.25. The number of nitrogens with one attached hydrogen (secondary N) is 1. The van der Waals surface area contributed by atoms with Gasteiger partial charge < -0.3 is 10.2 Å². The number of rotatable bonds is 12. The molecule has 0 spiro atoms. The first-order chi connectivity index (χ1) is 17.4. The quantitative estimate of drug-likeness (QED) is 0.303. The smallest absolute Gasteiger partial charge is 0.243 e. The van der Waals surface area contributed by atoms with Crippen molar-refractivity contribution in [2.75, 3.05) is 5.75 Å². The second-order valence-electron chi connectivity index (χ2n) is 8.72. The molecule has 3 rings (SSSR count). The van der Waals surface area contributed by atoms with Gasteiger partial charge in [0.1, 0.15) is 11.9 Å². The number of carbonyl (C=O) groups is 2. The average Bonchev–Trinajstić information content (AvgIpc) is 2.88. The Labute approximate surface area is 222 Å². The Morgan fingerprint density at radius 1 is 0.972 bits per heavy atom. The van der Waals surface area contributed by atoms with Crippen LogP contribution in [0.25, 0.3) is 0 Å². The molecule has 3 aromatic rings. The fourth-order valence-corrected chi connectivity index (χ4v) is 5.02. The third kappa shape index (κ3) is 8.10. The third-order valence-electron chi connectivity index (χ3n) is 6.00. The highest BCUT2D eigenvalue weighted by Gasteiger charge is 2.31. The van der Waals surface area contributed by atoms with E-state index in [1.165, 1.54) is 17.8 Å². The van der Waals surface area contributed by atoms with Gasteiger partial charge in [0.15, 0.2) is 0 Å². The molecule has 0 saturated carbocycles. The Kier molecular flexibility index (Phi) is 10.8. The van der Waals surface area contributed by atoms with Crippen LogP contribution in [0, 0.1) is 5.82 Å². The molecule has 0 aliphatic rings. The van der Waals surface area contributed by atoms with Gasteiger partial charge in [-0.15, -0.1) is 11.8 Å². The predicted octanol–water partition coefficient (Wildman–Crippen LogP) is 6.27. The molecule has 3 aromatic carbocycles. The Morgan fingerprint density at radius 2 is 1.61 bits per heavy atom. The summed E-state index contributed by atoms with van der Waals surface area (Å²) in [7, 11) is 0. The SMILES string of the molecule is CCC(C)NC(=O)C(Cc1ccccc1)N(Cc1ccccc1)C(=O)CSCc1c(F)cccc1Cl. The summed E-state index contributed by atoms with van der Waals surface area (Å²) in [5, 5.41) is 3.40. The minimum Gasteiger partial charge on any atom is -0.352 e. The van der Waals surface area contributed by atoms with E-state index in [4.69, 9.17) is 11.6 Å². The molecule has 0 aromatic heterocycles. The summed E-state index contributed by atoms with van der Waals surface area (Å²) in [6, 6.07) is 23.2. The summed E-state index contributed by atoms with van der Waals surface area (Å²) in [4.78, 5) is 28.7. The van der Waals surface area contributed by atoms with Gasteiger partial charge in [0.2, 0.25) is 11.8 Å². The van der Waals surface area contributed by atoms with Crippen LogP contribution in [0.3, 0.4) is 0 Å². The molecule has 2 unspecified atom stereocenters. The minimum atomic E-state index is -0.688. The number of nitrogens with zero attached hydrogens (tertiary/aromatic N) is 1. The fraction of sp³-hybridized carbons (Fsp3) is 0.310. The van der Waals surface area contributed by atoms with Crippen molar-refractivity contribution in [3.05, 3.63) is 106 Å². The molecule has 190 valence electrons. The predicted molar refractivity (Wildman–Crippen MR) is 146 cm³/mol. The van der Waals surface area contributed by atoms with Gasteiger partial charge in [0.05, 0.1) is 5.75 Å². The fourth-order valence-electron chi connectivity index (χ4n) is 3.77. The number of amides is 2. The zero-order chi connectivity index (χ0) is 25.9. The van der Waals surface area contributed by atoms with Crippen molar-refractivity contribution in [2.24, 2.45) is 0 Å². The van der Waals surface area contributed by atoms with Gasteiger partial charge in [-0.05, 0) is 36.6 Å². The standard InChI is InChI=1S/C29H32ClFN2O2S/c1-3-21(2)32-29(35)27(17-22-11-6-4-7-12-22)33(18-23-13-8-5-9-14-23)28(34)20-36-19-24-25(30)15-10-16-26(24)31/h4-16,21,27H,3,17-20H2,1-2H3,(H,32,35). The molecule has 36 heavy (non-hydrogen) atoms. The van der Waals surface area contributed by atoms with E-state index < -0.39 is 11.9 Å². The van der Waals surface area contributed by atoms with Crippen LogP contribution in [0.5, 0.6) is 0 Å². The average molecular weight is 527 g/mol. The number of carbonyl (C=O) groups excluding carboxylic acids is 2. The maximum Gasteiger partial charge on any atom is 0.243 e. The molecule has 0 aliphatic carbocycles. The molecule has 2 atom stereocenters. The zero-order valence-corrected chi connectivity index (χ0v) is 22.2. The van der Waals surface area contributed by atoms with Crippen molar-refractivity contribution >= 4 is 35.2 Å². The molecule has 7 heteroatoms.